The van der Waals surface area contributed by atoms with E-state index < -0.39 is 0 Å². The first-order valence-electron chi connectivity index (χ1n) is 6.51. The molecule has 2 aromatic carbocycles. The fourth-order valence-electron chi connectivity index (χ4n) is 2.36. The highest BCUT2D eigenvalue weighted by Gasteiger charge is 2.20. The van der Waals surface area contributed by atoms with Crippen LogP contribution in [0.2, 0.25) is 0 Å². The van der Waals surface area contributed by atoms with E-state index in [9.17, 15) is 4.79 Å². The van der Waals surface area contributed by atoms with Gasteiger partial charge >= 0.3 is 0 Å². The average Bonchev–Trinajstić information content (AvgIpc) is 2.49. The molecule has 0 spiro atoms. The Morgan fingerprint density at radius 3 is 2.50 bits per heavy atom. The minimum absolute atomic E-state index is 0.177. The Balaban J connectivity index is 2.58. The number of rotatable bonds is 5. The van der Waals surface area contributed by atoms with Crippen molar-refractivity contribution in [2.24, 2.45) is 0 Å². The summed E-state index contributed by atoms with van der Waals surface area (Å²) in [6, 6.07) is 15.9. The maximum atomic E-state index is 11.2. The number of allylic oxidation sites excluding steroid dienone is 1. The standard InChI is InChI=1S/C18H18O2/c1-13-9-10-16(17(11-13)20-3)18(14(2)12-19)15-7-5-4-6-8-15/h4-12,18H,2H2,1,3H3/t18-/m1/s1. The Bertz CT molecular complexity index is 615. The van der Waals surface area contributed by atoms with E-state index in [1.54, 1.807) is 7.11 Å². The number of ether oxygens (including phenoxy) is 1. The number of aldehydes is 1. The van der Waals surface area contributed by atoms with Crippen LogP contribution in [0.3, 0.4) is 0 Å². The fourth-order valence-corrected chi connectivity index (χ4v) is 2.36. The molecule has 0 amide bonds. The molecule has 0 aromatic heterocycles. The van der Waals surface area contributed by atoms with Crippen LogP contribution < -0.4 is 4.74 Å². The predicted octanol–water partition coefficient (Wildman–Crippen LogP) is 3.89. The van der Waals surface area contributed by atoms with Crippen molar-refractivity contribution in [3.05, 3.63) is 77.4 Å². The molecule has 0 heterocycles. The molecular formula is C18H18O2. The third kappa shape index (κ3) is 2.80. The normalized spacial score (nSPS) is 11.7. The van der Waals surface area contributed by atoms with E-state index in [0.29, 0.717) is 5.57 Å². The number of carbonyl (C=O) groups excluding carboxylic acids is 1. The summed E-state index contributed by atoms with van der Waals surface area (Å²) in [6.07, 6.45) is 0.816. The van der Waals surface area contributed by atoms with E-state index in [0.717, 1.165) is 28.7 Å². The van der Waals surface area contributed by atoms with Crippen LogP contribution in [-0.2, 0) is 4.79 Å². The van der Waals surface area contributed by atoms with E-state index in [4.69, 9.17) is 4.74 Å². The Kier molecular flexibility index (Phi) is 4.36. The Hall–Kier alpha value is -2.35. The second-order valence-corrected chi connectivity index (χ2v) is 4.78. The Morgan fingerprint density at radius 1 is 1.20 bits per heavy atom. The zero-order valence-electron chi connectivity index (χ0n) is 11.8. The predicted molar refractivity (Wildman–Crippen MR) is 81.2 cm³/mol. The second-order valence-electron chi connectivity index (χ2n) is 4.78. The number of aryl methyl sites for hydroxylation is 1. The molecular weight excluding hydrogens is 248 g/mol. The lowest BCUT2D eigenvalue weighted by Gasteiger charge is -2.20. The topological polar surface area (TPSA) is 26.3 Å². The molecule has 0 saturated heterocycles. The highest BCUT2D eigenvalue weighted by molar-refractivity contribution is 5.77. The number of carbonyl (C=O) groups is 1. The van der Waals surface area contributed by atoms with Crippen molar-refractivity contribution in [2.45, 2.75) is 12.8 Å². The monoisotopic (exact) mass is 266 g/mol. The van der Waals surface area contributed by atoms with Gasteiger partial charge in [0.25, 0.3) is 0 Å². The maximum absolute atomic E-state index is 11.2. The number of methoxy groups -OCH3 is 1. The van der Waals surface area contributed by atoms with Gasteiger partial charge in [-0.1, -0.05) is 49.0 Å². The Labute approximate surface area is 119 Å². The summed E-state index contributed by atoms with van der Waals surface area (Å²) >= 11 is 0. The molecule has 0 unspecified atom stereocenters. The summed E-state index contributed by atoms with van der Waals surface area (Å²) < 4.78 is 5.47. The van der Waals surface area contributed by atoms with E-state index >= 15 is 0 Å². The molecule has 2 aromatic rings. The highest BCUT2D eigenvalue weighted by atomic mass is 16.5. The smallest absolute Gasteiger partial charge is 0.146 e. The zero-order valence-corrected chi connectivity index (χ0v) is 11.8. The molecule has 20 heavy (non-hydrogen) atoms. The van der Waals surface area contributed by atoms with Crippen molar-refractivity contribution in [1.82, 2.24) is 0 Å². The lowest BCUT2D eigenvalue weighted by atomic mass is 9.85. The molecule has 0 aliphatic heterocycles. The van der Waals surface area contributed by atoms with Gasteiger partial charge in [0.1, 0.15) is 12.0 Å². The molecule has 0 aliphatic rings. The zero-order chi connectivity index (χ0) is 14.5. The molecule has 2 rings (SSSR count). The van der Waals surface area contributed by atoms with Gasteiger partial charge in [0.2, 0.25) is 0 Å². The molecule has 0 radical (unpaired) electrons. The minimum atomic E-state index is -0.177. The summed E-state index contributed by atoms with van der Waals surface area (Å²) in [7, 11) is 1.64. The van der Waals surface area contributed by atoms with Gasteiger partial charge in [-0.05, 0) is 29.7 Å². The van der Waals surface area contributed by atoms with Gasteiger partial charge in [0, 0.05) is 11.5 Å². The number of benzene rings is 2. The molecule has 0 N–H and O–H groups in total. The molecule has 102 valence electrons. The molecule has 0 aliphatic carbocycles. The van der Waals surface area contributed by atoms with Crippen LogP contribution in [0.25, 0.3) is 0 Å². The van der Waals surface area contributed by atoms with Gasteiger partial charge in [0.05, 0.1) is 7.11 Å². The highest BCUT2D eigenvalue weighted by Crippen LogP contribution is 2.36. The van der Waals surface area contributed by atoms with Crippen molar-refractivity contribution in [3.63, 3.8) is 0 Å². The van der Waals surface area contributed by atoms with Gasteiger partial charge in [-0.3, -0.25) is 4.79 Å². The van der Waals surface area contributed by atoms with Gasteiger partial charge in [-0.2, -0.15) is 0 Å². The summed E-state index contributed by atoms with van der Waals surface area (Å²) in [5.41, 5.74) is 3.64. The van der Waals surface area contributed by atoms with Crippen LogP contribution >= 0.6 is 0 Å². The molecule has 0 fully saturated rings. The van der Waals surface area contributed by atoms with Crippen molar-refractivity contribution >= 4 is 6.29 Å². The van der Waals surface area contributed by atoms with E-state index in [-0.39, 0.29) is 5.92 Å². The quantitative estimate of drug-likeness (QED) is 0.606. The van der Waals surface area contributed by atoms with Crippen LogP contribution in [0.4, 0.5) is 0 Å². The van der Waals surface area contributed by atoms with Crippen molar-refractivity contribution in [1.29, 1.82) is 0 Å². The molecule has 2 heteroatoms. The molecule has 0 saturated carbocycles. The first kappa shape index (κ1) is 14.1. The van der Waals surface area contributed by atoms with Crippen molar-refractivity contribution < 1.29 is 9.53 Å². The first-order valence-corrected chi connectivity index (χ1v) is 6.51. The molecule has 0 bridgehead atoms. The minimum Gasteiger partial charge on any atom is -0.496 e. The third-order valence-electron chi connectivity index (χ3n) is 3.36. The lowest BCUT2D eigenvalue weighted by molar-refractivity contribution is -0.105. The van der Waals surface area contributed by atoms with Gasteiger partial charge in [0.15, 0.2) is 0 Å². The van der Waals surface area contributed by atoms with Crippen LogP contribution in [-0.4, -0.2) is 13.4 Å². The number of hydrogen-bond donors (Lipinski definition) is 0. The third-order valence-corrected chi connectivity index (χ3v) is 3.36. The van der Waals surface area contributed by atoms with E-state index in [1.165, 1.54) is 0 Å². The summed E-state index contributed by atoms with van der Waals surface area (Å²) in [4.78, 5) is 11.2. The summed E-state index contributed by atoms with van der Waals surface area (Å²) in [6.45, 7) is 5.91. The van der Waals surface area contributed by atoms with Gasteiger partial charge in [-0.15, -0.1) is 0 Å². The van der Waals surface area contributed by atoms with Crippen molar-refractivity contribution in [2.75, 3.05) is 7.11 Å². The first-order chi connectivity index (χ1) is 9.67. The maximum Gasteiger partial charge on any atom is 0.146 e. The van der Waals surface area contributed by atoms with Crippen LogP contribution in [0.1, 0.15) is 22.6 Å². The molecule has 2 nitrogen and oxygen atoms in total. The summed E-state index contributed by atoms with van der Waals surface area (Å²) in [5.74, 6) is 0.603. The van der Waals surface area contributed by atoms with Gasteiger partial charge in [-0.25, -0.2) is 0 Å². The lowest BCUT2D eigenvalue weighted by Crippen LogP contribution is -2.07. The fraction of sp³-hybridized carbons (Fsp3) is 0.167. The second kappa shape index (κ2) is 6.20. The van der Waals surface area contributed by atoms with E-state index in [1.807, 2.05) is 55.5 Å². The Morgan fingerprint density at radius 2 is 1.90 bits per heavy atom. The average molecular weight is 266 g/mol. The number of hydrogen-bond acceptors (Lipinski definition) is 2. The van der Waals surface area contributed by atoms with Crippen molar-refractivity contribution in [3.8, 4) is 5.75 Å². The SMILES string of the molecule is C=C(C=O)[C@H](c1ccccc1)c1ccc(C)cc1OC. The molecule has 1 atom stereocenters. The summed E-state index contributed by atoms with van der Waals surface area (Å²) in [5, 5.41) is 0. The van der Waals surface area contributed by atoms with Crippen LogP contribution in [0, 0.1) is 6.92 Å². The van der Waals surface area contributed by atoms with Crippen LogP contribution in [0.5, 0.6) is 5.75 Å². The van der Waals surface area contributed by atoms with Gasteiger partial charge < -0.3 is 4.74 Å². The largest absolute Gasteiger partial charge is 0.496 e. The van der Waals surface area contributed by atoms with E-state index in [2.05, 4.69) is 6.58 Å². The van der Waals surface area contributed by atoms with Crippen LogP contribution in [0.15, 0.2) is 60.7 Å².